The molecule has 0 rings (SSSR count). The summed E-state index contributed by atoms with van der Waals surface area (Å²) in [6.07, 6.45) is -7.24. The van der Waals surface area contributed by atoms with E-state index in [9.17, 15) is 18.0 Å². The highest BCUT2D eigenvalue weighted by Crippen LogP contribution is 2.20. The molecular weight excluding hydrogens is 177 g/mol. The van der Waals surface area contributed by atoms with Crippen LogP contribution < -0.4 is 5.32 Å². The maximum absolute atomic E-state index is 11.8. The van der Waals surface area contributed by atoms with E-state index < -0.39 is 18.2 Å². The van der Waals surface area contributed by atoms with Gasteiger partial charge >= 0.3 is 6.18 Å². The van der Waals surface area contributed by atoms with E-state index in [4.69, 9.17) is 5.53 Å². The Hall–Kier alpha value is -1.43. The second-order valence-corrected chi connectivity index (χ2v) is 1.85. The van der Waals surface area contributed by atoms with Crippen LogP contribution in [0.15, 0.2) is 5.11 Å². The van der Waals surface area contributed by atoms with Crippen LogP contribution in [0, 0.1) is 0 Å². The van der Waals surface area contributed by atoms with E-state index in [1.807, 2.05) is 4.91 Å². The fourth-order valence-electron chi connectivity index (χ4n) is 0.420. The van der Waals surface area contributed by atoms with Crippen molar-refractivity contribution < 1.29 is 18.0 Å². The van der Waals surface area contributed by atoms with Crippen molar-refractivity contribution in [2.45, 2.75) is 19.3 Å². The lowest BCUT2D eigenvalue weighted by Crippen LogP contribution is -2.42. The number of alkyl halides is 3. The minimum atomic E-state index is -4.75. The number of rotatable bonds is 2. The zero-order valence-electron chi connectivity index (χ0n) is 5.96. The van der Waals surface area contributed by atoms with Gasteiger partial charge in [-0.1, -0.05) is 5.11 Å². The van der Waals surface area contributed by atoms with E-state index in [-0.39, 0.29) is 0 Å². The highest BCUT2D eigenvalue weighted by molar-refractivity contribution is 5.73. The molecule has 5 nitrogen and oxygen atoms in total. The molecular formula is C4H5F3N4O. The van der Waals surface area contributed by atoms with Gasteiger partial charge in [0.15, 0.2) is 0 Å². The van der Waals surface area contributed by atoms with Crippen molar-refractivity contribution in [3.05, 3.63) is 10.4 Å². The number of hydrogen-bond acceptors (Lipinski definition) is 2. The number of azide groups is 1. The number of halogens is 3. The minimum absolute atomic E-state index is 0.894. The van der Waals surface area contributed by atoms with Crippen LogP contribution in [0.4, 0.5) is 13.2 Å². The standard InChI is InChI=1S/C4H5F3N4O/c1-2(12)9-3(10-11-8)4(5,6)7/h3H,1H3,(H,9,12). The molecule has 0 spiro atoms. The molecule has 0 aromatic carbocycles. The van der Waals surface area contributed by atoms with Gasteiger partial charge in [0.2, 0.25) is 12.1 Å². The molecule has 1 atom stereocenters. The summed E-state index contributed by atoms with van der Waals surface area (Å²) in [5, 5.41) is 3.80. The van der Waals surface area contributed by atoms with Gasteiger partial charge in [-0.05, 0) is 5.53 Å². The third kappa shape index (κ3) is 3.67. The van der Waals surface area contributed by atoms with Crippen LogP contribution in [0.2, 0.25) is 0 Å². The third-order valence-corrected chi connectivity index (χ3v) is 0.817. The molecule has 0 bridgehead atoms. The number of carbonyl (C=O) groups is 1. The molecule has 0 saturated carbocycles. The minimum Gasteiger partial charge on any atom is -0.340 e. The lowest BCUT2D eigenvalue weighted by Gasteiger charge is -2.14. The average molecular weight is 182 g/mol. The molecule has 1 amide bonds. The fourth-order valence-corrected chi connectivity index (χ4v) is 0.420. The molecule has 1 unspecified atom stereocenters. The second kappa shape index (κ2) is 3.82. The van der Waals surface area contributed by atoms with Gasteiger partial charge in [0.25, 0.3) is 0 Å². The van der Waals surface area contributed by atoms with Crippen molar-refractivity contribution in [3.8, 4) is 0 Å². The Morgan fingerprint density at radius 3 is 2.42 bits per heavy atom. The van der Waals surface area contributed by atoms with Crippen LogP contribution >= 0.6 is 0 Å². The van der Waals surface area contributed by atoms with Gasteiger partial charge in [0.05, 0.1) is 0 Å². The summed E-state index contributed by atoms with van der Waals surface area (Å²) in [4.78, 5) is 12.1. The van der Waals surface area contributed by atoms with E-state index in [0.29, 0.717) is 0 Å². The Kier molecular flexibility index (Phi) is 3.36. The normalized spacial score (nSPS) is 13.0. The third-order valence-electron chi connectivity index (χ3n) is 0.817. The first-order chi connectivity index (χ1) is 5.38. The van der Waals surface area contributed by atoms with E-state index in [0.717, 1.165) is 6.92 Å². The molecule has 12 heavy (non-hydrogen) atoms. The van der Waals surface area contributed by atoms with Gasteiger partial charge in [-0.2, -0.15) is 13.2 Å². The molecule has 0 aliphatic carbocycles. The molecule has 0 heterocycles. The van der Waals surface area contributed by atoms with Gasteiger partial charge in [-0.3, -0.25) is 4.79 Å². The molecule has 1 N–H and O–H groups in total. The predicted octanol–water partition coefficient (Wildman–Crippen LogP) is 1.32. The molecule has 68 valence electrons. The van der Waals surface area contributed by atoms with Crippen LogP contribution in [0.25, 0.3) is 10.4 Å². The van der Waals surface area contributed by atoms with Crippen molar-refractivity contribution in [2.24, 2.45) is 5.11 Å². The van der Waals surface area contributed by atoms with Crippen LogP contribution in [0.5, 0.6) is 0 Å². The van der Waals surface area contributed by atoms with E-state index >= 15 is 0 Å². The molecule has 0 aliphatic heterocycles. The Bertz CT molecular complexity index is 219. The lowest BCUT2D eigenvalue weighted by molar-refractivity contribution is -0.159. The molecule has 0 aromatic rings. The zero-order valence-corrected chi connectivity index (χ0v) is 5.96. The van der Waals surface area contributed by atoms with E-state index in [2.05, 4.69) is 5.11 Å². The monoisotopic (exact) mass is 182 g/mol. The van der Waals surface area contributed by atoms with Crippen molar-refractivity contribution in [1.29, 1.82) is 0 Å². The lowest BCUT2D eigenvalue weighted by atomic mass is 10.5. The predicted molar refractivity (Wildman–Crippen MR) is 32.8 cm³/mol. The summed E-state index contributed by atoms with van der Waals surface area (Å²) in [6, 6.07) is 0. The summed E-state index contributed by atoms with van der Waals surface area (Å²) in [6.45, 7) is 0.894. The number of amides is 1. The molecule has 8 heteroatoms. The summed E-state index contributed by atoms with van der Waals surface area (Å²) in [5.41, 5.74) is 7.72. The van der Waals surface area contributed by atoms with Gasteiger partial charge in [-0.15, -0.1) is 0 Å². The van der Waals surface area contributed by atoms with Crippen molar-refractivity contribution in [1.82, 2.24) is 5.32 Å². The second-order valence-electron chi connectivity index (χ2n) is 1.85. The van der Waals surface area contributed by atoms with E-state index in [1.54, 1.807) is 0 Å². The highest BCUT2D eigenvalue weighted by atomic mass is 19.4. The van der Waals surface area contributed by atoms with Crippen molar-refractivity contribution in [3.63, 3.8) is 0 Å². The average Bonchev–Trinajstić information content (AvgIpc) is 1.83. The Morgan fingerprint density at radius 2 is 2.17 bits per heavy atom. The molecule has 0 saturated heterocycles. The maximum atomic E-state index is 11.8. The summed E-state index contributed by atoms with van der Waals surface area (Å²) < 4.78 is 35.4. The van der Waals surface area contributed by atoms with Crippen LogP contribution in [-0.4, -0.2) is 18.2 Å². The van der Waals surface area contributed by atoms with Gasteiger partial charge in [-0.25, -0.2) is 0 Å². The Morgan fingerprint density at radius 1 is 1.67 bits per heavy atom. The highest BCUT2D eigenvalue weighted by Gasteiger charge is 2.39. The van der Waals surface area contributed by atoms with Gasteiger partial charge < -0.3 is 5.32 Å². The topological polar surface area (TPSA) is 77.9 Å². The molecule has 0 aromatic heterocycles. The van der Waals surface area contributed by atoms with Crippen LogP contribution in [-0.2, 0) is 4.79 Å². The van der Waals surface area contributed by atoms with Crippen LogP contribution in [0.3, 0.4) is 0 Å². The number of nitrogens with zero attached hydrogens (tertiary/aromatic N) is 3. The number of carbonyl (C=O) groups excluding carboxylic acids is 1. The van der Waals surface area contributed by atoms with Crippen molar-refractivity contribution in [2.75, 3.05) is 0 Å². The smallest absolute Gasteiger partial charge is 0.340 e. The Labute approximate surface area is 65.2 Å². The molecule has 0 radical (unpaired) electrons. The summed E-state index contributed by atoms with van der Waals surface area (Å²) in [7, 11) is 0. The number of nitrogens with one attached hydrogen (secondary N) is 1. The van der Waals surface area contributed by atoms with Gasteiger partial charge in [0.1, 0.15) is 0 Å². The van der Waals surface area contributed by atoms with Gasteiger partial charge in [0, 0.05) is 11.8 Å². The maximum Gasteiger partial charge on any atom is 0.414 e. The first-order valence-corrected chi connectivity index (χ1v) is 2.76. The SMILES string of the molecule is CC(=O)NC(N=[N+]=[N-])C(F)(F)F. The fraction of sp³-hybridized carbons (Fsp3) is 0.750. The number of hydrogen-bond donors (Lipinski definition) is 1. The summed E-state index contributed by atoms with van der Waals surface area (Å²) in [5.74, 6) is -0.912. The zero-order chi connectivity index (χ0) is 9.78. The molecule has 0 aliphatic rings. The molecule has 0 fully saturated rings. The first kappa shape index (κ1) is 10.6. The van der Waals surface area contributed by atoms with E-state index in [1.165, 1.54) is 5.32 Å². The quantitative estimate of drug-likeness (QED) is 0.390. The summed E-state index contributed by atoms with van der Waals surface area (Å²) >= 11 is 0. The first-order valence-electron chi connectivity index (χ1n) is 2.76. The van der Waals surface area contributed by atoms with Crippen molar-refractivity contribution >= 4 is 5.91 Å². The Balaban J connectivity index is 4.44. The largest absolute Gasteiger partial charge is 0.414 e. The van der Waals surface area contributed by atoms with Crippen LogP contribution in [0.1, 0.15) is 6.92 Å².